The molecule has 0 aromatic heterocycles. The van der Waals surface area contributed by atoms with Gasteiger partial charge >= 0.3 is 0 Å². The number of carbonyl (C=O) groups is 3. The van der Waals surface area contributed by atoms with E-state index < -0.39 is 58.8 Å². The molecule has 1 amide bonds. The van der Waals surface area contributed by atoms with E-state index in [2.05, 4.69) is 0 Å². The number of ketones is 2. The maximum Gasteiger partial charge on any atom is 0.230 e. The first-order chi connectivity index (χ1) is 18.1. The molecule has 2 aromatic rings. The van der Waals surface area contributed by atoms with E-state index in [1.807, 2.05) is 0 Å². The highest BCUT2D eigenvalue weighted by atomic mass is 16.5. The lowest BCUT2D eigenvalue weighted by molar-refractivity contribution is -0.168. The third-order valence-corrected chi connectivity index (χ3v) is 8.37. The van der Waals surface area contributed by atoms with E-state index >= 15 is 0 Å². The lowest BCUT2D eigenvalue weighted by Crippen LogP contribution is -2.63. The maximum absolute atomic E-state index is 13.8. The Kier molecular flexibility index (Phi) is 5.08. The molecule has 0 saturated heterocycles. The van der Waals surface area contributed by atoms with Gasteiger partial charge in [-0.3, -0.25) is 14.4 Å². The van der Waals surface area contributed by atoms with Gasteiger partial charge in [0.25, 0.3) is 0 Å². The van der Waals surface area contributed by atoms with Crippen LogP contribution in [0.4, 0.5) is 0 Å². The molecular weight excluding hydrogens is 498 g/mol. The van der Waals surface area contributed by atoms with Crippen LogP contribution in [0.1, 0.15) is 34.9 Å². The van der Waals surface area contributed by atoms with E-state index in [-0.39, 0.29) is 29.7 Å². The fourth-order valence-electron chi connectivity index (χ4n) is 6.67. The summed E-state index contributed by atoms with van der Waals surface area (Å²) in [5.74, 6) is -7.01. The van der Waals surface area contributed by atoms with Gasteiger partial charge in [-0.2, -0.15) is 0 Å². The van der Waals surface area contributed by atoms with E-state index in [1.54, 1.807) is 18.2 Å². The summed E-state index contributed by atoms with van der Waals surface area (Å²) in [5.41, 5.74) is 3.88. The maximum atomic E-state index is 13.8. The Balaban J connectivity index is 1.60. The minimum Gasteiger partial charge on any atom is -0.508 e. The zero-order chi connectivity index (χ0) is 27.3. The molecule has 1 saturated carbocycles. The number of aliphatic hydroxyl groups excluding tert-OH is 2. The fourth-order valence-corrected chi connectivity index (χ4v) is 6.67. The van der Waals surface area contributed by atoms with Gasteiger partial charge in [0.1, 0.15) is 23.5 Å². The van der Waals surface area contributed by atoms with Crippen molar-refractivity contribution in [3.05, 3.63) is 46.7 Å². The Morgan fingerprint density at radius 3 is 2.45 bits per heavy atom. The largest absolute Gasteiger partial charge is 0.508 e. The Bertz CT molecular complexity index is 1480. The van der Waals surface area contributed by atoms with Crippen molar-refractivity contribution in [3.63, 3.8) is 0 Å². The number of hydrogen-bond acceptors (Lipinski definition) is 10. The number of phenolic OH excluding ortho intramolecular Hbond substituents is 1. The van der Waals surface area contributed by atoms with Crippen LogP contribution < -0.4 is 19.9 Å². The highest BCUT2D eigenvalue weighted by Crippen LogP contribution is 2.60. The summed E-state index contributed by atoms with van der Waals surface area (Å²) in [6, 6.07) is 6.43. The first-order valence-electron chi connectivity index (χ1n) is 12.1. The predicted molar refractivity (Wildman–Crippen MR) is 129 cm³/mol. The van der Waals surface area contributed by atoms with Crippen LogP contribution in [0.5, 0.6) is 23.0 Å². The smallest absolute Gasteiger partial charge is 0.230 e. The topological polar surface area (TPSA) is 186 Å². The average Bonchev–Trinajstić information content (AvgIpc) is 2.88. The van der Waals surface area contributed by atoms with Crippen molar-refractivity contribution in [2.45, 2.75) is 30.7 Å². The van der Waals surface area contributed by atoms with Crippen LogP contribution in [0.25, 0.3) is 11.1 Å². The molecule has 198 valence electrons. The average molecular weight is 523 g/mol. The molecule has 3 aliphatic carbocycles. The second kappa shape index (κ2) is 7.95. The standard InChI is InChI=1S/C27H25NO10/c1-36-15-6-4-11-10-3-5-13(29)18-16(10)21(38-22(11)23(15)37-2)12-7-9-8-14(30)19(26(28)34)25(33)27(9,35)24(32)17(12)20(18)31/h3-6,9,12,14,19,21,29-30,32,35H,7-8H2,1-2H3,(H2,28,34)/t9-,12-,14?,19?,21?,27-/m0/s1. The zero-order valence-electron chi connectivity index (χ0n) is 20.4. The minimum atomic E-state index is -2.61. The number of ether oxygens (including phenoxy) is 3. The number of primary amides is 1. The second-order valence-electron chi connectivity index (χ2n) is 10.1. The van der Waals surface area contributed by atoms with Crippen molar-refractivity contribution in [3.8, 4) is 34.1 Å². The number of Topliss-reactive ketones (excluding diaryl/α,β-unsaturated/α-hetero) is 2. The Morgan fingerprint density at radius 1 is 1.08 bits per heavy atom. The molecule has 6 atom stereocenters. The molecule has 2 aromatic carbocycles. The monoisotopic (exact) mass is 523 g/mol. The van der Waals surface area contributed by atoms with Crippen molar-refractivity contribution < 1.29 is 49.0 Å². The number of carbonyl (C=O) groups excluding carboxylic acids is 3. The quantitative estimate of drug-likeness (QED) is 0.367. The summed E-state index contributed by atoms with van der Waals surface area (Å²) >= 11 is 0. The molecule has 0 bridgehead atoms. The van der Waals surface area contributed by atoms with Crippen LogP contribution in [-0.4, -0.2) is 63.8 Å². The highest BCUT2D eigenvalue weighted by Gasteiger charge is 2.64. The molecule has 0 radical (unpaired) electrons. The first kappa shape index (κ1) is 24.3. The molecule has 4 aliphatic rings. The lowest BCUT2D eigenvalue weighted by atomic mass is 9.57. The van der Waals surface area contributed by atoms with Gasteiger partial charge in [-0.1, -0.05) is 6.07 Å². The lowest BCUT2D eigenvalue weighted by Gasteiger charge is -2.50. The molecule has 1 aliphatic heterocycles. The van der Waals surface area contributed by atoms with Crippen molar-refractivity contribution in [2.75, 3.05) is 14.2 Å². The van der Waals surface area contributed by atoms with Gasteiger partial charge in [0.05, 0.1) is 25.9 Å². The first-order valence-corrected chi connectivity index (χ1v) is 12.1. The summed E-state index contributed by atoms with van der Waals surface area (Å²) in [5, 5.41) is 44.1. The number of rotatable bonds is 3. The van der Waals surface area contributed by atoms with Crippen LogP contribution in [0, 0.1) is 17.8 Å². The molecule has 11 heteroatoms. The minimum absolute atomic E-state index is 0.0449. The van der Waals surface area contributed by atoms with Gasteiger partial charge in [-0.15, -0.1) is 0 Å². The van der Waals surface area contributed by atoms with Crippen molar-refractivity contribution >= 4 is 17.5 Å². The van der Waals surface area contributed by atoms with Gasteiger partial charge in [0.15, 0.2) is 28.7 Å². The van der Waals surface area contributed by atoms with Gasteiger partial charge in [0.2, 0.25) is 11.7 Å². The Labute approximate surface area is 216 Å². The molecule has 1 fully saturated rings. The number of amides is 1. The summed E-state index contributed by atoms with van der Waals surface area (Å²) in [6.07, 6.45) is -2.67. The normalized spacial score (nSPS) is 30.9. The van der Waals surface area contributed by atoms with Crippen molar-refractivity contribution in [1.82, 2.24) is 0 Å². The van der Waals surface area contributed by atoms with Crippen molar-refractivity contribution in [1.29, 1.82) is 0 Å². The Morgan fingerprint density at radius 2 is 1.79 bits per heavy atom. The number of nitrogens with two attached hydrogens (primary N) is 1. The second-order valence-corrected chi connectivity index (χ2v) is 10.1. The molecule has 0 spiro atoms. The number of fused-ring (bicyclic) bond motifs is 5. The van der Waals surface area contributed by atoms with Crippen LogP contribution in [0.3, 0.4) is 0 Å². The number of methoxy groups -OCH3 is 2. The Hall–Kier alpha value is -4.09. The number of aromatic hydroxyl groups is 1. The summed E-state index contributed by atoms with van der Waals surface area (Å²) in [6.45, 7) is 0. The molecule has 3 unspecified atom stereocenters. The number of phenols is 1. The van der Waals surface area contributed by atoms with E-state index in [9.17, 15) is 34.8 Å². The van der Waals surface area contributed by atoms with Gasteiger partial charge in [0, 0.05) is 28.5 Å². The molecule has 1 heterocycles. The zero-order valence-corrected chi connectivity index (χ0v) is 20.4. The summed E-state index contributed by atoms with van der Waals surface area (Å²) in [4.78, 5) is 39.0. The van der Waals surface area contributed by atoms with Gasteiger partial charge in [-0.05, 0) is 36.6 Å². The third kappa shape index (κ3) is 2.82. The number of benzene rings is 2. The molecule has 11 nitrogen and oxygen atoms in total. The van der Waals surface area contributed by atoms with Crippen LogP contribution in [0.2, 0.25) is 0 Å². The van der Waals surface area contributed by atoms with E-state index in [0.717, 1.165) is 0 Å². The molecule has 6 rings (SSSR count). The summed E-state index contributed by atoms with van der Waals surface area (Å²) in [7, 11) is 2.92. The third-order valence-electron chi connectivity index (χ3n) is 8.37. The SMILES string of the molecule is COc1ccc2c(c1OC)OC1c3c-2ccc(O)c3C(=O)C2=C(O)[C@]3(O)C(=O)C(C(N)=O)C(O)C[C@@H]3C[C@@H]21. The van der Waals surface area contributed by atoms with Crippen LogP contribution in [0.15, 0.2) is 35.6 Å². The fraction of sp³-hybridized carbons (Fsp3) is 0.370. The van der Waals surface area contributed by atoms with Crippen LogP contribution in [-0.2, 0) is 9.59 Å². The number of hydrogen-bond donors (Lipinski definition) is 5. The van der Waals surface area contributed by atoms with E-state index in [0.29, 0.717) is 33.9 Å². The predicted octanol–water partition coefficient (Wildman–Crippen LogP) is 1.32. The molecule has 6 N–H and O–H groups in total. The molecule has 38 heavy (non-hydrogen) atoms. The summed E-state index contributed by atoms with van der Waals surface area (Å²) < 4.78 is 17.4. The van der Waals surface area contributed by atoms with Gasteiger partial charge < -0.3 is 40.4 Å². The van der Waals surface area contributed by atoms with Crippen LogP contribution >= 0.6 is 0 Å². The van der Waals surface area contributed by atoms with Crippen molar-refractivity contribution in [2.24, 2.45) is 23.5 Å². The molecular formula is C27H25NO10. The van der Waals surface area contributed by atoms with E-state index in [4.69, 9.17) is 19.9 Å². The highest BCUT2D eigenvalue weighted by molar-refractivity contribution is 6.16. The van der Waals surface area contributed by atoms with Gasteiger partial charge in [-0.25, -0.2) is 0 Å². The number of aliphatic hydroxyl groups is 3. The van der Waals surface area contributed by atoms with E-state index in [1.165, 1.54) is 20.3 Å².